The summed E-state index contributed by atoms with van der Waals surface area (Å²) in [5, 5.41) is 0. The van der Waals surface area contributed by atoms with Crippen LogP contribution in [0.5, 0.6) is 5.75 Å². The number of para-hydroxylation sites is 2. The van der Waals surface area contributed by atoms with Crippen LogP contribution < -0.4 is 9.46 Å². The molecule has 34 heavy (non-hydrogen) atoms. The zero-order valence-corrected chi connectivity index (χ0v) is 19.7. The Balaban J connectivity index is 1.38. The monoisotopic (exact) mass is 474 g/mol. The van der Waals surface area contributed by atoms with Gasteiger partial charge in [0.05, 0.1) is 17.7 Å². The Morgan fingerprint density at radius 2 is 1.68 bits per heavy atom. The zero-order chi connectivity index (χ0) is 24.0. The van der Waals surface area contributed by atoms with E-state index in [2.05, 4.69) is 22.9 Å². The molecule has 0 atom stereocenters. The fraction of sp³-hybridized carbons (Fsp3) is 0.148. The van der Waals surface area contributed by atoms with Crippen molar-refractivity contribution in [2.75, 3.05) is 24.9 Å². The summed E-state index contributed by atoms with van der Waals surface area (Å²) in [6, 6.07) is 23.4. The van der Waals surface area contributed by atoms with Crippen LogP contribution in [-0.2, 0) is 14.8 Å². The highest BCUT2D eigenvalue weighted by atomic mass is 32.2. The zero-order valence-electron chi connectivity index (χ0n) is 18.8. The van der Waals surface area contributed by atoms with Gasteiger partial charge in [-0.05, 0) is 53.5 Å². The van der Waals surface area contributed by atoms with Gasteiger partial charge in [0.1, 0.15) is 5.75 Å². The molecule has 1 heterocycles. The number of carbonyl (C=O) groups is 1. The molecule has 0 aromatic heterocycles. The standard InChI is InChI=1S/C27H26N2O4S/c1-33-26-10-6-5-9-25(26)28-34(31,32)24-14-11-21(12-15-24)13-16-27(30)29-19-17-23(18-20-29)22-7-3-2-4-8-22/h2-17,28H,18-20H2,1H3. The molecule has 1 aliphatic rings. The number of amides is 1. The number of sulfonamides is 1. The first-order chi connectivity index (χ1) is 16.5. The van der Waals surface area contributed by atoms with Crippen LogP contribution in [0, 0.1) is 0 Å². The molecule has 0 aliphatic carbocycles. The third-order valence-corrected chi connectivity index (χ3v) is 7.01. The molecule has 1 amide bonds. The number of hydrogen-bond donors (Lipinski definition) is 1. The number of hydrogen-bond acceptors (Lipinski definition) is 4. The average Bonchev–Trinajstić information content (AvgIpc) is 2.88. The van der Waals surface area contributed by atoms with Crippen molar-refractivity contribution >= 4 is 33.3 Å². The van der Waals surface area contributed by atoms with Gasteiger partial charge in [-0.25, -0.2) is 8.42 Å². The summed E-state index contributed by atoms with van der Waals surface area (Å²) >= 11 is 0. The van der Waals surface area contributed by atoms with Crippen molar-refractivity contribution < 1.29 is 17.9 Å². The van der Waals surface area contributed by atoms with Gasteiger partial charge in [-0.2, -0.15) is 0 Å². The van der Waals surface area contributed by atoms with Crippen LogP contribution in [0.3, 0.4) is 0 Å². The number of benzene rings is 3. The Bertz CT molecular complexity index is 1310. The van der Waals surface area contributed by atoms with Crippen LogP contribution in [0.15, 0.2) is 95.9 Å². The van der Waals surface area contributed by atoms with Crippen LogP contribution in [0.4, 0.5) is 5.69 Å². The molecule has 0 saturated carbocycles. The third kappa shape index (κ3) is 5.55. The van der Waals surface area contributed by atoms with E-state index in [1.807, 2.05) is 18.2 Å². The van der Waals surface area contributed by atoms with Gasteiger partial charge in [0, 0.05) is 19.2 Å². The van der Waals surface area contributed by atoms with Crippen molar-refractivity contribution in [3.05, 3.63) is 102 Å². The lowest BCUT2D eigenvalue weighted by atomic mass is 9.99. The summed E-state index contributed by atoms with van der Waals surface area (Å²) in [5.74, 6) is 0.366. The molecule has 0 fully saturated rings. The average molecular weight is 475 g/mol. The molecule has 6 nitrogen and oxygen atoms in total. The minimum atomic E-state index is -3.77. The van der Waals surface area contributed by atoms with Crippen molar-refractivity contribution in [1.29, 1.82) is 0 Å². The lowest BCUT2D eigenvalue weighted by molar-refractivity contribution is -0.125. The fourth-order valence-corrected chi connectivity index (χ4v) is 4.82. The Labute approximate surface area is 200 Å². The van der Waals surface area contributed by atoms with Crippen molar-refractivity contribution in [1.82, 2.24) is 4.90 Å². The van der Waals surface area contributed by atoms with Crippen LogP contribution in [-0.4, -0.2) is 39.4 Å². The highest BCUT2D eigenvalue weighted by molar-refractivity contribution is 7.92. The normalized spacial score (nSPS) is 14.0. The molecular weight excluding hydrogens is 448 g/mol. The molecule has 4 rings (SSSR count). The van der Waals surface area contributed by atoms with Gasteiger partial charge >= 0.3 is 0 Å². The van der Waals surface area contributed by atoms with Crippen molar-refractivity contribution in [3.8, 4) is 5.75 Å². The van der Waals surface area contributed by atoms with E-state index >= 15 is 0 Å². The molecule has 0 spiro atoms. The van der Waals surface area contributed by atoms with Gasteiger partial charge in [-0.1, -0.05) is 60.7 Å². The number of rotatable bonds is 7. The Kier molecular flexibility index (Phi) is 7.13. The van der Waals surface area contributed by atoms with E-state index in [0.29, 0.717) is 24.5 Å². The van der Waals surface area contributed by atoms with Gasteiger partial charge < -0.3 is 9.64 Å². The summed E-state index contributed by atoms with van der Waals surface area (Å²) in [6.45, 7) is 1.23. The van der Waals surface area contributed by atoms with Crippen molar-refractivity contribution in [3.63, 3.8) is 0 Å². The molecule has 1 aliphatic heterocycles. The maximum Gasteiger partial charge on any atom is 0.262 e. The number of ether oxygens (including phenoxy) is 1. The van der Waals surface area contributed by atoms with Gasteiger partial charge in [0.15, 0.2) is 0 Å². The molecule has 0 saturated heterocycles. The Hall–Kier alpha value is -3.84. The molecular formula is C27H26N2O4S. The lowest BCUT2D eigenvalue weighted by Crippen LogP contribution is -2.33. The summed E-state index contributed by atoms with van der Waals surface area (Å²) in [5.41, 5.74) is 3.56. The van der Waals surface area contributed by atoms with Crippen molar-refractivity contribution in [2.45, 2.75) is 11.3 Å². The predicted octanol–water partition coefficient (Wildman–Crippen LogP) is 4.83. The van der Waals surface area contributed by atoms with Gasteiger partial charge in [-0.15, -0.1) is 0 Å². The second-order valence-electron chi connectivity index (χ2n) is 7.84. The van der Waals surface area contributed by atoms with E-state index in [1.54, 1.807) is 47.4 Å². The van der Waals surface area contributed by atoms with Crippen molar-refractivity contribution in [2.24, 2.45) is 0 Å². The number of carbonyl (C=O) groups excluding carboxylic acids is 1. The first kappa shape index (κ1) is 23.3. The lowest BCUT2D eigenvalue weighted by Gasteiger charge is -2.25. The second kappa shape index (κ2) is 10.4. The summed E-state index contributed by atoms with van der Waals surface area (Å²) in [6.07, 6.45) is 6.13. The van der Waals surface area contributed by atoms with E-state index in [-0.39, 0.29) is 10.8 Å². The molecule has 174 valence electrons. The summed E-state index contributed by atoms with van der Waals surface area (Å²) in [7, 11) is -2.29. The van der Waals surface area contributed by atoms with E-state index in [1.165, 1.54) is 36.5 Å². The maximum absolute atomic E-state index is 12.7. The van der Waals surface area contributed by atoms with Crippen LogP contribution in [0.1, 0.15) is 17.5 Å². The van der Waals surface area contributed by atoms with Gasteiger partial charge in [0.25, 0.3) is 10.0 Å². The molecule has 0 unspecified atom stereocenters. The minimum absolute atomic E-state index is 0.0714. The maximum atomic E-state index is 12.7. The number of methoxy groups -OCH3 is 1. The van der Waals surface area contributed by atoms with E-state index < -0.39 is 10.0 Å². The molecule has 0 bridgehead atoms. The molecule has 3 aromatic carbocycles. The minimum Gasteiger partial charge on any atom is -0.495 e. The molecule has 3 aromatic rings. The number of nitrogens with zero attached hydrogens (tertiary/aromatic N) is 1. The smallest absolute Gasteiger partial charge is 0.262 e. The third-order valence-electron chi connectivity index (χ3n) is 5.63. The predicted molar refractivity (Wildman–Crippen MR) is 135 cm³/mol. The second-order valence-corrected chi connectivity index (χ2v) is 9.52. The van der Waals surface area contributed by atoms with E-state index in [9.17, 15) is 13.2 Å². The van der Waals surface area contributed by atoms with Crippen LogP contribution >= 0.6 is 0 Å². The summed E-state index contributed by atoms with van der Waals surface area (Å²) < 4.78 is 33.2. The first-order valence-corrected chi connectivity index (χ1v) is 12.4. The Morgan fingerprint density at radius 3 is 2.35 bits per heavy atom. The molecule has 7 heteroatoms. The fourth-order valence-electron chi connectivity index (χ4n) is 3.75. The van der Waals surface area contributed by atoms with E-state index in [4.69, 9.17) is 4.74 Å². The van der Waals surface area contributed by atoms with Crippen LogP contribution in [0.2, 0.25) is 0 Å². The van der Waals surface area contributed by atoms with E-state index in [0.717, 1.165) is 12.0 Å². The number of anilines is 1. The highest BCUT2D eigenvalue weighted by Gasteiger charge is 2.17. The van der Waals surface area contributed by atoms with Gasteiger partial charge in [0.2, 0.25) is 5.91 Å². The molecule has 0 radical (unpaired) electrons. The van der Waals surface area contributed by atoms with Gasteiger partial charge in [-0.3, -0.25) is 9.52 Å². The number of nitrogens with one attached hydrogen (secondary N) is 1. The van der Waals surface area contributed by atoms with Crippen LogP contribution in [0.25, 0.3) is 11.6 Å². The molecule has 1 N–H and O–H groups in total. The largest absolute Gasteiger partial charge is 0.495 e. The summed E-state index contributed by atoms with van der Waals surface area (Å²) in [4.78, 5) is 14.5. The Morgan fingerprint density at radius 1 is 0.971 bits per heavy atom. The SMILES string of the molecule is COc1ccccc1NS(=O)(=O)c1ccc(C=CC(=O)N2CC=C(c3ccccc3)CC2)cc1. The quantitative estimate of drug-likeness (QED) is 0.498. The first-order valence-electron chi connectivity index (χ1n) is 10.9. The highest BCUT2D eigenvalue weighted by Crippen LogP contribution is 2.26. The topological polar surface area (TPSA) is 75.7 Å².